The van der Waals surface area contributed by atoms with E-state index in [-0.39, 0.29) is 5.97 Å². The zero-order chi connectivity index (χ0) is 13.1. The molecule has 5 heteroatoms. The van der Waals surface area contributed by atoms with Crippen LogP contribution in [0.15, 0.2) is 0 Å². The number of ether oxygens (including phenoxy) is 1. The number of esters is 1. The Labute approximate surface area is 102 Å². The standard InChI is InChI=1S/C12H23NO4/c1-2-3-9-17-11(14)8-6-4-5-7-10(13)12(15)16/h10H,2-9,13H2,1H3,(H,15,16). The molecule has 17 heavy (non-hydrogen) atoms. The van der Waals surface area contributed by atoms with Crippen LogP contribution in [0.25, 0.3) is 0 Å². The van der Waals surface area contributed by atoms with E-state index in [1.165, 1.54) is 0 Å². The van der Waals surface area contributed by atoms with E-state index in [1.54, 1.807) is 0 Å². The monoisotopic (exact) mass is 245 g/mol. The SMILES string of the molecule is CCCCOC(=O)CCCCCC(N)C(=O)O. The van der Waals surface area contributed by atoms with Crippen LogP contribution in [0.2, 0.25) is 0 Å². The number of hydrogen-bond donors (Lipinski definition) is 2. The smallest absolute Gasteiger partial charge is 0.320 e. The Bertz CT molecular complexity index is 231. The molecular formula is C12H23NO4. The number of carbonyl (C=O) groups is 2. The summed E-state index contributed by atoms with van der Waals surface area (Å²) in [4.78, 5) is 21.6. The first-order valence-electron chi connectivity index (χ1n) is 6.22. The highest BCUT2D eigenvalue weighted by Gasteiger charge is 2.10. The molecule has 5 nitrogen and oxygen atoms in total. The van der Waals surface area contributed by atoms with Gasteiger partial charge in [0.25, 0.3) is 0 Å². The van der Waals surface area contributed by atoms with Gasteiger partial charge in [0, 0.05) is 6.42 Å². The van der Waals surface area contributed by atoms with Gasteiger partial charge in [-0.1, -0.05) is 26.2 Å². The highest BCUT2D eigenvalue weighted by atomic mass is 16.5. The Morgan fingerprint density at radius 3 is 2.53 bits per heavy atom. The van der Waals surface area contributed by atoms with Crippen LogP contribution in [-0.2, 0) is 14.3 Å². The molecule has 0 aliphatic carbocycles. The van der Waals surface area contributed by atoms with Gasteiger partial charge in [-0.15, -0.1) is 0 Å². The number of unbranched alkanes of at least 4 members (excludes halogenated alkanes) is 3. The molecule has 0 fully saturated rings. The van der Waals surface area contributed by atoms with Gasteiger partial charge in [-0.3, -0.25) is 9.59 Å². The molecule has 0 radical (unpaired) electrons. The Kier molecular flexibility index (Phi) is 9.43. The molecule has 0 heterocycles. The zero-order valence-corrected chi connectivity index (χ0v) is 10.5. The number of carbonyl (C=O) groups excluding carboxylic acids is 1. The van der Waals surface area contributed by atoms with Gasteiger partial charge in [0.1, 0.15) is 6.04 Å². The number of carboxylic acid groups (broad SMARTS) is 1. The fourth-order valence-corrected chi connectivity index (χ4v) is 1.34. The van der Waals surface area contributed by atoms with Crippen LogP contribution in [0.4, 0.5) is 0 Å². The van der Waals surface area contributed by atoms with Crippen LogP contribution < -0.4 is 5.73 Å². The van der Waals surface area contributed by atoms with Gasteiger partial charge in [-0.25, -0.2) is 0 Å². The van der Waals surface area contributed by atoms with E-state index in [9.17, 15) is 9.59 Å². The third kappa shape index (κ3) is 9.81. The molecule has 0 aromatic heterocycles. The first-order valence-corrected chi connectivity index (χ1v) is 6.22. The lowest BCUT2D eigenvalue weighted by Crippen LogP contribution is -2.29. The van der Waals surface area contributed by atoms with Crippen molar-refractivity contribution in [2.75, 3.05) is 6.61 Å². The average molecular weight is 245 g/mol. The molecule has 1 atom stereocenters. The minimum absolute atomic E-state index is 0.166. The van der Waals surface area contributed by atoms with Crippen LogP contribution in [-0.4, -0.2) is 29.7 Å². The number of carboxylic acids is 1. The molecule has 3 N–H and O–H groups in total. The van der Waals surface area contributed by atoms with Crippen LogP contribution >= 0.6 is 0 Å². The van der Waals surface area contributed by atoms with Crippen molar-refractivity contribution in [1.29, 1.82) is 0 Å². The summed E-state index contributed by atoms with van der Waals surface area (Å²) in [5, 5.41) is 8.55. The summed E-state index contributed by atoms with van der Waals surface area (Å²) in [6.07, 6.45) is 5.06. The van der Waals surface area contributed by atoms with E-state index in [2.05, 4.69) is 0 Å². The summed E-state index contributed by atoms with van der Waals surface area (Å²) in [6.45, 7) is 2.54. The van der Waals surface area contributed by atoms with Crippen LogP contribution in [0, 0.1) is 0 Å². The van der Waals surface area contributed by atoms with Gasteiger partial charge in [0.05, 0.1) is 6.61 Å². The molecule has 0 aromatic rings. The summed E-state index contributed by atoms with van der Waals surface area (Å²) in [6, 6.07) is -0.786. The second kappa shape index (κ2) is 10.1. The number of nitrogens with two attached hydrogens (primary N) is 1. The first kappa shape index (κ1) is 15.9. The van der Waals surface area contributed by atoms with Crippen molar-refractivity contribution in [3.8, 4) is 0 Å². The molecule has 0 rings (SSSR count). The number of hydrogen-bond acceptors (Lipinski definition) is 4. The van der Waals surface area contributed by atoms with E-state index in [1.807, 2.05) is 6.92 Å². The van der Waals surface area contributed by atoms with Crippen molar-refractivity contribution in [3.63, 3.8) is 0 Å². The van der Waals surface area contributed by atoms with Gasteiger partial charge in [-0.2, -0.15) is 0 Å². The highest BCUT2D eigenvalue weighted by molar-refractivity contribution is 5.72. The normalized spacial score (nSPS) is 12.1. The fraction of sp³-hybridized carbons (Fsp3) is 0.833. The second-order valence-electron chi connectivity index (χ2n) is 4.12. The maximum absolute atomic E-state index is 11.2. The van der Waals surface area contributed by atoms with Gasteiger partial charge in [0.2, 0.25) is 0 Å². The Morgan fingerprint density at radius 1 is 1.24 bits per heavy atom. The minimum Gasteiger partial charge on any atom is -0.480 e. The van der Waals surface area contributed by atoms with E-state index < -0.39 is 12.0 Å². The predicted octanol–water partition coefficient (Wildman–Crippen LogP) is 1.69. The summed E-state index contributed by atoms with van der Waals surface area (Å²) < 4.78 is 4.99. The highest BCUT2D eigenvalue weighted by Crippen LogP contribution is 2.06. The lowest BCUT2D eigenvalue weighted by molar-refractivity contribution is -0.144. The summed E-state index contributed by atoms with van der Waals surface area (Å²) in [5.74, 6) is -1.13. The van der Waals surface area contributed by atoms with Crippen molar-refractivity contribution >= 4 is 11.9 Å². The molecule has 0 aromatic carbocycles. The first-order chi connectivity index (χ1) is 8.07. The number of aliphatic carboxylic acids is 1. The van der Waals surface area contributed by atoms with E-state index in [4.69, 9.17) is 15.6 Å². The van der Waals surface area contributed by atoms with E-state index in [0.29, 0.717) is 19.4 Å². The summed E-state index contributed by atoms with van der Waals surface area (Å²) in [5.41, 5.74) is 5.35. The maximum atomic E-state index is 11.2. The molecular weight excluding hydrogens is 222 g/mol. The Morgan fingerprint density at radius 2 is 1.94 bits per heavy atom. The lowest BCUT2D eigenvalue weighted by Gasteiger charge is -2.06. The average Bonchev–Trinajstić information content (AvgIpc) is 2.28. The van der Waals surface area contributed by atoms with Gasteiger partial charge in [0.15, 0.2) is 0 Å². The molecule has 0 spiro atoms. The van der Waals surface area contributed by atoms with E-state index in [0.717, 1.165) is 32.1 Å². The topological polar surface area (TPSA) is 89.6 Å². The van der Waals surface area contributed by atoms with Gasteiger partial charge >= 0.3 is 11.9 Å². The van der Waals surface area contributed by atoms with E-state index >= 15 is 0 Å². The third-order valence-corrected chi connectivity index (χ3v) is 2.47. The number of rotatable bonds is 10. The third-order valence-electron chi connectivity index (χ3n) is 2.47. The molecule has 0 bridgehead atoms. The Hall–Kier alpha value is -1.10. The molecule has 0 aliphatic heterocycles. The molecule has 100 valence electrons. The van der Waals surface area contributed by atoms with Gasteiger partial charge in [-0.05, 0) is 19.3 Å². The predicted molar refractivity (Wildman–Crippen MR) is 64.6 cm³/mol. The summed E-state index contributed by atoms with van der Waals surface area (Å²) >= 11 is 0. The van der Waals surface area contributed by atoms with Crippen molar-refractivity contribution < 1.29 is 19.4 Å². The minimum atomic E-state index is -0.969. The largest absolute Gasteiger partial charge is 0.480 e. The quantitative estimate of drug-likeness (QED) is 0.451. The van der Waals surface area contributed by atoms with Crippen molar-refractivity contribution in [3.05, 3.63) is 0 Å². The van der Waals surface area contributed by atoms with Crippen LogP contribution in [0.5, 0.6) is 0 Å². The van der Waals surface area contributed by atoms with Crippen LogP contribution in [0.3, 0.4) is 0 Å². The maximum Gasteiger partial charge on any atom is 0.320 e. The molecule has 1 unspecified atom stereocenters. The van der Waals surface area contributed by atoms with Crippen molar-refractivity contribution in [1.82, 2.24) is 0 Å². The zero-order valence-electron chi connectivity index (χ0n) is 10.5. The van der Waals surface area contributed by atoms with Gasteiger partial charge < -0.3 is 15.6 Å². The lowest BCUT2D eigenvalue weighted by atomic mass is 10.1. The van der Waals surface area contributed by atoms with Crippen molar-refractivity contribution in [2.45, 2.75) is 57.9 Å². The summed E-state index contributed by atoms with van der Waals surface area (Å²) in [7, 11) is 0. The molecule has 0 aliphatic rings. The molecule has 0 saturated heterocycles. The molecule has 0 saturated carbocycles. The molecule has 0 amide bonds. The second-order valence-corrected chi connectivity index (χ2v) is 4.12. The van der Waals surface area contributed by atoms with Crippen molar-refractivity contribution in [2.24, 2.45) is 5.73 Å². The fourth-order valence-electron chi connectivity index (χ4n) is 1.34. The Balaban J connectivity index is 3.33. The van der Waals surface area contributed by atoms with Crippen LogP contribution in [0.1, 0.15) is 51.9 Å².